The van der Waals surface area contributed by atoms with E-state index in [1.54, 1.807) is 0 Å². The van der Waals surface area contributed by atoms with Crippen LogP contribution in [-0.2, 0) is 6.54 Å². The lowest BCUT2D eigenvalue weighted by molar-refractivity contribution is 0.0951. The predicted octanol–water partition coefficient (Wildman–Crippen LogP) is 5.05. The molecule has 0 aliphatic carbocycles. The van der Waals surface area contributed by atoms with Crippen LogP contribution in [-0.4, -0.2) is 5.91 Å². The number of amides is 1. The minimum atomic E-state index is -0.0625. The van der Waals surface area contributed by atoms with E-state index in [1.807, 2.05) is 66.7 Å². The third-order valence-electron chi connectivity index (χ3n) is 3.62. The second kappa shape index (κ2) is 7.25. The molecule has 0 fully saturated rings. The van der Waals surface area contributed by atoms with E-state index >= 15 is 0 Å². The molecule has 114 valence electrons. The van der Waals surface area contributed by atoms with Crippen LogP contribution in [0.25, 0.3) is 11.1 Å². The highest BCUT2D eigenvalue weighted by molar-refractivity contribution is 9.10. The number of nitrogens with one attached hydrogen (secondary N) is 1. The van der Waals surface area contributed by atoms with Crippen LogP contribution < -0.4 is 5.32 Å². The third-order valence-corrected chi connectivity index (χ3v) is 4.15. The third kappa shape index (κ3) is 4.08. The molecular weight excluding hydrogens is 350 g/mol. The summed E-state index contributed by atoms with van der Waals surface area (Å²) in [6, 6.07) is 25.7. The summed E-state index contributed by atoms with van der Waals surface area (Å²) in [6.07, 6.45) is 0. The lowest BCUT2D eigenvalue weighted by atomic mass is 10.0. The van der Waals surface area contributed by atoms with Crippen molar-refractivity contribution in [2.75, 3.05) is 0 Å². The monoisotopic (exact) mass is 365 g/mol. The van der Waals surface area contributed by atoms with Gasteiger partial charge < -0.3 is 5.32 Å². The number of carbonyl (C=O) groups is 1. The Hall–Kier alpha value is -2.39. The fourth-order valence-corrected chi connectivity index (χ4v) is 2.60. The number of benzene rings is 3. The molecule has 1 N–H and O–H groups in total. The van der Waals surface area contributed by atoms with Gasteiger partial charge in [0.05, 0.1) is 0 Å². The first-order valence-electron chi connectivity index (χ1n) is 7.40. The molecular formula is C20H16BrNO. The van der Waals surface area contributed by atoms with Crippen LogP contribution in [0.5, 0.6) is 0 Å². The van der Waals surface area contributed by atoms with Gasteiger partial charge >= 0.3 is 0 Å². The zero-order chi connectivity index (χ0) is 16.1. The largest absolute Gasteiger partial charge is 0.348 e. The summed E-state index contributed by atoms with van der Waals surface area (Å²) in [5.74, 6) is -0.0625. The van der Waals surface area contributed by atoms with Crippen molar-refractivity contribution in [2.45, 2.75) is 6.54 Å². The predicted molar refractivity (Wildman–Crippen MR) is 97.2 cm³/mol. The van der Waals surface area contributed by atoms with E-state index in [9.17, 15) is 4.79 Å². The SMILES string of the molecule is O=C(NCc1ccc(Br)cc1)c1ccc(-c2ccccc2)cc1. The van der Waals surface area contributed by atoms with Crippen molar-refractivity contribution < 1.29 is 4.79 Å². The summed E-state index contributed by atoms with van der Waals surface area (Å²) in [6.45, 7) is 0.520. The van der Waals surface area contributed by atoms with E-state index in [4.69, 9.17) is 0 Å². The molecule has 0 saturated heterocycles. The molecule has 0 radical (unpaired) electrons. The Balaban J connectivity index is 1.65. The van der Waals surface area contributed by atoms with E-state index in [-0.39, 0.29) is 5.91 Å². The fraction of sp³-hybridized carbons (Fsp3) is 0.0500. The molecule has 3 aromatic rings. The zero-order valence-corrected chi connectivity index (χ0v) is 14.1. The Kier molecular flexibility index (Phi) is 4.89. The summed E-state index contributed by atoms with van der Waals surface area (Å²) >= 11 is 3.40. The van der Waals surface area contributed by atoms with E-state index in [1.165, 1.54) is 0 Å². The number of hydrogen-bond donors (Lipinski definition) is 1. The molecule has 3 rings (SSSR count). The number of halogens is 1. The van der Waals surface area contributed by atoms with Gasteiger partial charge in [0.1, 0.15) is 0 Å². The maximum absolute atomic E-state index is 12.2. The average molecular weight is 366 g/mol. The van der Waals surface area contributed by atoms with Gasteiger partial charge in [-0.3, -0.25) is 4.79 Å². The van der Waals surface area contributed by atoms with Gasteiger partial charge in [0, 0.05) is 16.6 Å². The van der Waals surface area contributed by atoms with Gasteiger partial charge in [0.15, 0.2) is 0 Å². The summed E-state index contributed by atoms with van der Waals surface area (Å²) in [4.78, 5) is 12.2. The van der Waals surface area contributed by atoms with E-state index < -0.39 is 0 Å². The summed E-state index contributed by atoms with van der Waals surface area (Å²) < 4.78 is 1.03. The Morgan fingerprint density at radius 2 is 1.39 bits per heavy atom. The van der Waals surface area contributed by atoms with Gasteiger partial charge in [0.2, 0.25) is 0 Å². The molecule has 3 aromatic carbocycles. The van der Waals surface area contributed by atoms with Crippen LogP contribution in [0, 0.1) is 0 Å². The average Bonchev–Trinajstić information content (AvgIpc) is 2.62. The van der Waals surface area contributed by atoms with Crippen molar-refractivity contribution in [2.24, 2.45) is 0 Å². The summed E-state index contributed by atoms with van der Waals surface area (Å²) in [5, 5.41) is 2.94. The quantitative estimate of drug-likeness (QED) is 0.688. The van der Waals surface area contributed by atoms with Crippen LogP contribution in [0.4, 0.5) is 0 Å². The van der Waals surface area contributed by atoms with Gasteiger partial charge in [-0.1, -0.05) is 70.5 Å². The molecule has 0 unspecified atom stereocenters. The minimum absolute atomic E-state index is 0.0625. The topological polar surface area (TPSA) is 29.1 Å². The number of carbonyl (C=O) groups excluding carboxylic acids is 1. The molecule has 0 aliphatic rings. The highest BCUT2D eigenvalue weighted by Gasteiger charge is 2.05. The molecule has 1 amide bonds. The first kappa shape index (κ1) is 15.5. The molecule has 0 saturated carbocycles. The highest BCUT2D eigenvalue weighted by Crippen LogP contribution is 2.19. The zero-order valence-electron chi connectivity index (χ0n) is 12.5. The Labute approximate surface area is 144 Å². The fourth-order valence-electron chi connectivity index (χ4n) is 2.33. The lowest BCUT2D eigenvalue weighted by Crippen LogP contribution is -2.22. The molecule has 2 nitrogen and oxygen atoms in total. The van der Waals surface area contributed by atoms with Crippen molar-refractivity contribution in [3.63, 3.8) is 0 Å². The molecule has 0 aromatic heterocycles. The van der Waals surface area contributed by atoms with Gasteiger partial charge in [0.25, 0.3) is 5.91 Å². The van der Waals surface area contributed by atoms with Crippen molar-refractivity contribution in [3.8, 4) is 11.1 Å². The maximum atomic E-state index is 12.2. The molecule has 0 heterocycles. The van der Waals surface area contributed by atoms with Crippen LogP contribution in [0.15, 0.2) is 83.3 Å². The number of rotatable bonds is 4. The molecule has 0 atom stereocenters. The second-order valence-corrected chi connectivity index (χ2v) is 6.17. The van der Waals surface area contributed by atoms with Crippen molar-refractivity contribution in [1.29, 1.82) is 0 Å². The van der Waals surface area contributed by atoms with E-state index in [0.29, 0.717) is 12.1 Å². The smallest absolute Gasteiger partial charge is 0.251 e. The first-order chi connectivity index (χ1) is 11.2. The Bertz CT molecular complexity index is 780. The normalized spacial score (nSPS) is 10.3. The van der Waals surface area contributed by atoms with Gasteiger partial charge in [-0.15, -0.1) is 0 Å². The summed E-state index contributed by atoms with van der Waals surface area (Å²) in [7, 11) is 0. The first-order valence-corrected chi connectivity index (χ1v) is 8.20. The molecule has 3 heteroatoms. The van der Waals surface area contributed by atoms with Crippen LogP contribution >= 0.6 is 15.9 Å². The van der Waals surface area contributed by atoms with Crippen LogP contribution in [0.2, 0.25) is 0 Å². The molecule has 23 heavy (non-hydrogen) atoms. The van der Waals surface area contributed by atoms with E-state index in [2.05, 4.69) is 33.4 Å². The van der Waals surface area contributed by atoms with Crippen LogP contribution in [0.1, 0.15) is 15.9 Å². The second-order valence-electron chi connectivity index (χ2n) is 5.25. The summed E-state index contributed by atoms with van der Waals surface area (Å²) in [5.41, 5.74) is 3.99. The van der Waals surface area contributed by atoms with Crippen LogP contribution in [0.3, 0.4) is 0 Å². The van der Waals surface area contributed by atoms with Crippen molar-refractivity contribution in [3.05, 3.63) is 94.5 Å². The highest BCUT2D eigenvalue weighted by atomic mass is 79.9. The molecule has 0 bridgehead atoms. The number of hydrogen-bond acceptors (Lipinski definition) is 1. The van der Waals surface area contributed by atoms with Crippen molar-refractivity contribution in [1.82, 2.24) is 5.32 Å². The molecule has 0 aliphatic heterocycles. The lowest BCUT2D eigenvalue weighted by Gasteiger charge is -2.07. The van der Waals surface area contributed by atoms with Crippen molar-refractivity contribution >= 4 is 21.8 Å². The Morgan fingerprint density at radius 1 is 0.783 bits per heavy atom. The molecule has 0 spiro atoms. The van der Waals surface area contributed by atoms with Gasteiger partial charge in [-0.2, -0.15) is 0 Å². The van der Waals surface area contributed by atoms with E-state index in [0.717, 1.165) is 21.2 Å². The van der Waals surface area contributed by atoms with Gasteiger partial charge in [-0.25, -0.2) is 0 Å². The Morgan fingerprint density at radius 3 is 2.04 bits per heavy atom. The maximum Gasteiger partial charge on any atom is 0.251 e. The van der Waals surface area contributed by atoms with Gasteiger partial charge in [-0.05, 0) is 41.0 Å². The standard InChI is InChI=1S/C20H16BrNO/c21-19-12-6-15(7-13-19)14-22-20(23)18-10-8-17(9-11-18)16-4-2-1-3-5-16/h1-13H,14H2,(H,22,23). The minimum Gasteiger partial charge on any atom is -0.348 e.